The Morgan fingerprint density at radius 3 is 2.59 bits per heavy atom. The Labute approximate surface area is 109 Å². The number of rotatable bonds is 7. The van der Waals surface area contributed by atoms with Gasteiger partial charge in [0.2, 0.25) is 0 Å². The standard InChI is InChI=1S/C14H22ClNO/c1-12(13-8-4-5-9-14(13)15)16(2)10-6-3-7-11-17/h4-5,8-9,12,17H,3,6-7,10-11H2,1-2H3. The van der Waals surface area contributed by atoms with Crippen molar-refractivity contribution >= 4 is 11.6 Å². The highest BCUT2D eigenvalue weighted by atomic mass is 35.5. The third-order valence-corrected chi connectivity index (χ3v) is 3.53. The average molecular weight is 256 g/mol. The minimum atomic E-state index is 0.295. The number of unbranched alkanes of at least 4 members (excludes halogenated alkanes) is 2. The second kappa shape index (κ2) is 7.70. The van der Waals surface area contributed by atoms with Gasteiger partial charge in [-0.15, -0.1) is 0 Å². The molecule has 1 N–H and O–H groups in total. The maximum Gasteiger partial charge on any atom is 0.0453 e. The predicted octanol–water partition coefficient (Wildman–Crippen LogP) is 3.50. The first-order valence-electron chi connectivity index (χ1n) is 6.22. The van der Waals surface area contributed by atoms with Crippen molar-refractivity contribution in [3.63, 3.8) is 0 Å². The van der Waals surface area contributed by atoms with Gasteiger partial charge in [0.05, 0.1) is 0 Å². The van der Waals surface area contributed by atoms with Crippen molar-refractivity contribution in [3.05, 3.63) is 34.9 Å². The van der Waals surface area contributed by atoms with Crippen molar-refractivity contribution in [1.82, 2.24) is 4.90 Å². The van der Waals surface area contributed by atoms with E-state index in [1.807, 2.05) is 18.2 Å². The molecule has 0 fully saturated rings. The normalized spacial score (nSPS) is 13.0. The number of aliphatic hydroxyl groups excluding tert-OH is 1. The number of hydrogen-bond donors (Lipinski definition) is 1. The highest BCUT2D eigenvalue weighted by Crippen LogP contribution is 2.26. The summed E-state index contributed by atoms with van der Waals surface area (Å²) in [6, 6.07) is 8.33. The summed E-state index contributed by atoms with van der Waals surface area (Å²) in [6.07, 6.45) is 3.09. The fourth-order valence-corrected chi connectivity index (χ4v) is 2.19. The van der Waals surface area contributed by atoms with Crippen LogP contribution in [0.4, 0.5) is 0 Å². The third kappa shape index (κ3) is 4.66. The first kappa shape index (κ1) is 14.5. The number of aliphatic hydroxyl groups is 1. The maximum atomic E-state index is 8.72. The van der Waals surface area contributed by atoms with Gasteiger partial charge in [-0.1, -0.05) is 29.8 Å². The van der Waals surface area contributed by atoms with E-state index in [-0.39, 0.29) is 0 Å². The van der Waals surface area contributed by atoms with Crippen molar-refractivity contribution in [2.75, 3.05) is 20.2 Å². The van der Waals surface area contributed by atoms with E-state index >= 15 is 0 Å². The molecule has 0 aliphatic heterocycles. The van der Waals surface area contributed by atoms with Crippen LogP contribution in [0.2, 0.25) is 5.02 Å². The van der Waals surface area contributed by atoms with Crippen LogP contribution < -0.4 is 0 Å². The lowest BCUT2D eigenvalue weighted by Crippen LogP contribution is -2.23. The summed E-state index contributed by atoms with van der Waals surface area (Å²) in [5.74, 6) is 0. The molecule has 1 atom stereocenters. The maximum absolute atomic E-state index is 8.72. The van der Waals surface area contributed by atoms with Crippen molar-refractivity contribution in [2.45, 2.75) is 32.2 Å². The summed E-state index contributed by atoms with van der Waals surface area (Å²) >= 11 is 6.19. The Hall–Kier alpha value is -0.570. The minimum Gasteiger partial charge on any atom is -0.396 e. The molecule has 0 saturated carbocycles. The van der Waals surface area contributed by atoms with E-state index in [4.69, 9.17) is 16.7 Å². The Bertz CT molecular complexity index is 330. The smallest absolute Gasteiger partial charge is 0.0453 e. The molecule has 1 aromatic carbocycles. The Morgan fingerprint density at radius 2 is 1.94 bits per heavy atom. The Morgan fingerprint density at radius 1 is 1.24 bits per heavy atom. The van der Waals surface area contributed by atoms with E-state index < -0.39 is 0 Å². The summed E-state index contributed by atoms with van der Waals surface area (Å²) < 4.78 is 0. The van der Waals surface area contributed by atoms with Gasteiger partial charge in [0.25, 0.3) is 0 Å². The van der Waals surface area contributed by atoms with Crippen molar-refractivity contribution in [2.24, 2.45) is 0 Å². The lowest BCUT2D eigenvalue weighted by Gasteiger charge is -2.25. The molecule has 0 spiro atoms. The van der Waals surface area contributed by atoms with Crippen LogP contribution in [0.1, 0.15) is 37.8 Å². The number of benzene rings is 1. The highest BCUT2D eigenvalue weighted by Gasteiger charge is 2.13. The van der Waals surface area contributed by atoms with Gasteiger partial charge in [-0.25, -0.2) is 0 Å². The lowest BCUT2D eigenvalue weighted by molar-refractivity contribution is 0.244. The molecule has 1 unspecified atom stereocenters. The van der Waals surface area contributed by atoms with Crippen LogP contribution in [0.5, 0.6) is 0 Å². The van der Waals surface area contributed by atoms with Gasteiger partial charge in [-0.3, -0.25) is 4.90 Å². The summed E-state index contributed by atoms with van der Waals surface area (Å²) in [7, 11) is 2.12. The van der Waals surface area contributed by atoms with Gasteiger partial charge in [-0.05, 0) is 51.4 Å². The zero-order valence-electron chi connectivity index (χ0n) is 10.7. The molecule has 0 heterocycles. The molecular formula is C14H22ClNO. The van der Waals surface area contributed by atoms with Crippen LogP contribution in [0.25, 0.3) is 0 Å². The molecule has 1 aromatic rings. The molecule has 96 valence electrons. The van der Waals surface area contributed by atoms with E-state index in [0.717, 1.165) is 30.8 Å². The zero-order valence-corrected chi connectivity index (χ0v) is 11.5. The van der Waals surface area contributed by atoms with E-state index in [1.165, 1.54) is 5.56 Å². The lowest BCUT2D eigenvalue weighted by atomic mass is 10.1. The van der Waals surface area contributed by atoms with Crippen LogP contribution in [-0.2, 0) is 0 Å². The molecule has 0 radical (unpaired) electrons. The molecule has 0 saturated heterocycles. The zero-order chi connectivity index (χ0) is 12.7. The number of hydrogen-bond acceptors (Lipinski definition) is 2. The van der Waals surface area contributed by atoms with Gasteiger partial charge in [0, 0.05) is 17.7 Å². The van der Waals surface area contributed by atoms with Crippen molar-refractivity contribution in [1.29, 1.82) is 0 Å². The van der Waals surface area contributed by atoms with Gasteiger partial charge in [0.15, 0.2) is 0 Å². The topological polar surface area (TPSA) is 23.5 Å². The van der Waals surface area contributed by atoms with E-state index in [2.05, 4.69) is 24.9 Å². The molecule has 0 aromatic heterocycles. The largest absolute Gasteiger partial charge is 0.396 e. The second-order valence-corrected chi connectivity index (χ2v) is 4.87. The summed E-state index contributed by atoms with van der Waals surface area (Å²) in [4.78, 5) is 2.30. The van der Waals surface area contributed by atoms with Crippen LogP contribution in [0.15, 0.2) is 24.3 Å². The fourth-order valence-electron chi connectivity index (χ4n) is 1.89. The summed E-state index contributed by atoms with van der Waals surface area (Å²) in [5.41, 5.74) is 1.18. The van der Waals surface area contributed by atoms with Gasteiger partial charge in [-0.2, -0.15) is 0 Å². The number of halogens is 1. The minimum absolute atomic E-state index is 0.295. The van der Waals surface area contributed by atoms with Gasteiger partial charge < -0.3 is 5.11 Å². The van der Waals surface area contributed by atoms with E-state index in [0.29, 0.717) is 12.6 Å². The molecule has 0 aliphatic carbocycles. The summed E-state index contributed by atoms with van der Waals surface area (Å²) in [6.45, 7) is 3.50. The monoisotopic (exact) mass is 255 g/mol. The summed E-state index contributed by atoms with van der Waals surface area (Å²) in [5, 5.41) is 9.56. The Kier molecular flexibility index (Phi) is 6.56. The van der Waals surface area contributed by atoms with Crippen LogP contribution >= 0.6 is 11.6 Å². The SMILES string of the molecule is CC(c1ccccc1Cl)N(C)CCCCCO. The van der Waals surface area contributed by atoms with Gasteiger partial charge >= 0.3 is 0 Å². The predicted molar refractivity (Wildman–Crippen MR) is 73.4 cm³/mol. The molecule has 17 heavy (non-hydrogen) atoms. The Balaban J connectivity index is 2.46. The van der Waals surface area contributed by atoms with Crippen LogP contribution in [0.3, 0.4) is 0 Å². The quantitative estimate of drug-likeness (QED) is 0.754. The van der Waals surface area contributed by atoms with Crippen molar-refractivity contribution < 1.29 is 5.11 Å². The van der Waals surface area contributed by atoms with Crippen LogP contribution in [-0.4, -0.2) is 30.2 Å². The van der Waals surface area contributed by atoms with Gasteiger partial charge in [0.1, 0.15) is 0 Å². The first-order valence-corrected chi connectivity index (χ1v) is 6.60. The molecular weight excluding hydrogens is 234 g/mol. The van der Waals surface area contributed by atoms with Crippen LogP contribution in [0, 0.1) is 0 Å². The molecule has 1 rings (SSSR count). The first-order chi connectivity index (χ1) is 8.16. The molecule has 0 bridgehead atoms. The molecule has 3 heteroatoms. The van der Waals surface area contributed by atoms with Crippen molar-refractivity contribution in [3.8, 4) is 0 Å². The van der Waals surface area contributed by atoms with E-state index in [1.54, 1.807) is 0 Å². The van der Waals surface area contributed by atoms with E-state index in [9.17, 15) is 0 Å². The fraction of sp³-hybridized carbons (Fsp3) is 0.571. The molecule has 2 nitrogen and oxygen atoms in total. The highest BCUT2D eigenvalue weighted by molar-refractivity contribution is 6.31. The average Bonchev–Trinajstić information content (AvgIpc) is 2.34. The third-order valence-electron chi connectivity index (χ3n) is 3.19. The molecule has 0 aliphatic rings. The number of nitrogens with zero attached hydrogens (tertiary/aromatic N) is 1. The second-order valence-electron chi connectivity index (χ2n) is 4.46. The molecule has 0 amide bonds.